The fraction of sp³-hybridized carbons (Fsp3) is 0.438. The molecule has 0 atom stereocenters. The van der Waals surface area contributed by atoms with Crippen molar-refractivity contribution in [2.45, 2.75) is 83.0 Å². The molecule has 7 rings (SSSR count). The van der Waals surface area contributed by atoms with Gasteiger partial charge in [-0.05, 0) is 91.5 Å². The lowest BCUT2D eigenvalue weighted by Crippen LogP contribution is -2.28. The van der Waals surface area contributed by atoms with Crippen molar-refractivity contribution in [3.8, 4) is 0 Å². The Morgan fingerprint density at radius 1 is 0.771 bits per heavy atom. The van der Waals surface area contributed by atoms with Crippen LogP contribution < -0.4 is 4.57 Å². The van der Waals surface area contributed by atoms with E-state index in [2.05, 4.69) is 65.4 Å². The number of pyridine rings is 2. The number of benzene rings is 2. The van der Waals surface area contributed by atoms with Gasteiger partial charge in [-0.3, -0.25) is 4.98 Å². The third-order valence-corrected chi connectivity index (χ3v) is 9.19. The van der Waals surface area contributed by atoms with Gasteiger partial charge in [-0.2, -0.15) is 4.40 Å². The highest BCUT2D eigenvalue weighted by molar-refractivity contribution is 6.11. The van der Waals surface area contributed by atoms with Gasteiger partial charge >= 0.3 is 0 Å². The van der Waals surface area contributed by atoms with Crippen LogP contribution in [0.5, 0.6) is 0 Å². The monoisotopic (exact) mass is 462 g/mol. The zero-order chi connectivity index (χ0) is 23.5. The molecule has 0 bridgehead atoms. The Labute approximate surface area is 207 Å². The van der Waals surface area contributed by atoms with Crippen LogP contribution in [0.1, 0.15) is 92.7 Å². The van der Waals surface area contributed by atoms with E-state index in [1.54, 1.807) is 0 Å². The van der Waals surface area contributed by atoms with Crippen LogP contribution in [0.15, 0.2) is 48.7 Å². The van der Waals surface area contributed by atoms with Gasteiger partial charge in [0.25, 0.3) is 5.65 Å². The third-order valence-electron chi connectivity index (χ3n) is 9.19. The lowest BCUT2D eigenvalue weighted by atomic mass is 9.83. The highest BCUT2D eigenvalue weighted by Gasteiger charge is 2.27. The van der Waals surface area contributed by atoms with E-state index in [1.807, 2.05) is 6.20 Å². The zero-order valence-electron chi connectivity index (χ0n) is 21.2. The molecule has 0 N–H and O–H groups in total. The number of fused-ring (bicyclic) bond motifs is 8. The van der Waals surface area contributed by atoms with Crippen LogP contribution in [0.4, 0.5) is 0 Å². The molecule has 3 nitrogen and oxygen atoms in total. The average Bonchev–Trinajstić information content (AvgIpc) is 3.21. The van der Waals surface area contributed by atoms with Gasteiger partial charge in [-0.15, -0.1) is 0 Å². The van der Waals surface area contributed by atoms with Gasteiger partial charge in [-0.1, -0.05) is 50.7 Å². The van der Waals surface area contributed by atoms with Crippen LogP contribution in [0, 0.1) is 6.92 Å². The lowest BCUT2D eigenvalue weighted by Gasteiger charge is -2.22. The summed E-state index contributed by atoms with van der Waals surface area (Å²) >= 11 is 0. The van der Waals surface area contributed by atoms with Crippen LogP contribution in [-0.2, 0) is 7.05 Å². The van der Waals surface area contributed by atoms with Gasteiger partial charge in [0, 0.05) is 11.6 Å². The molecule has 0 unspecified atom stereocenters. The second kappa shape index (κ2) is 8.33. The number of aromatic nitrogens is 3. The number of aryl methyl sites for hydroxylation is 2. The van der Waals surface area contributed by atoms with Crippen LogP contribution >= 0.6 is 0 Å². The first-order valence-electron chi connectivity index (χ1n) is 13.9. The summed E-state index contributed by atoms with van der Waals surface area (Å²) in [6, 6.07) is 16.7. The van der Waals surface area contributed by atoms with Gasteiger partial charge in [0.05, 0.1) is 18.0 Å². The predicted molar refractivity (Wildman–Crippen MR) is 145 cm³/mol. The lowest BCUT2D eigenvalue weighted by molar-refractivity contribution is -0.617. The normalized spacial score (nSPS) is 18.3. The van der Waals surface area contributed by atoms with E-state index < -0.39 is 0 Å². The van der Waals surface area contributed by atoms with Crippen molar-refractivity contribution >= 4 is 38.5 Å². The van der Waals surface area contributed by atoms with Gasteiger partial charge in [-0.25, -0.2) is 4.57 Å². The summed E-state index contributed by atoms with van der Waals surface area (Å²) in [5.74, 6) is 1.41. The molecule has 35 heavy (non-hydrogen) atoms. The molecule has 0 radical (unpaired) electrons. The summed E-state index contributed by atoms with van der Waals surface area (Å²) in [4.78, 5) is 4.94. The van der Waals surface area contributed by atoms with Crippen LogP contribution in [0.3, 0.4) is 0 Å². The van der Waals surface area contributed by atoms with E-state index in [-0.39, 0.29) is 0 Å². The van der Waals surface area contributed by atoms with Crippen molar-refractivity contribution in [2.75, 3.05) is 0 Å². The van der Waals surface area contributed by atoms with Crippen molar-refractivity contribution in [1.82, 2.24) is 9.38 Å². The standard InChI is InChI=1S/C32H36N3/c1-21-17-18-33-31-26-15-13-24(22-9-5-3-6-10-22)19-28(26)35-27-16-14-25(23-11-7-4-8-12-23)20-29(27)34(2)32(35)30(21)31/h13-20,22-23H,3-12H2,1-2H3/q+1. The molecule has 178 valence electrons. The second-order valence-corrected chi connectivity index (χ2v) is 11.3. The molecule has 3 aromatic heterocycles. The quantitative estimate of drug-likeness (QED) is 0.192. The Kier molecular flexibility index (Phi) is 5.08. The fourth-order valence-corrected chi connectivity index (χ4v) is 7.26. The highest BCUT2D eigenvalue weighted by atomic mass is 15.1. The number of nitrogens with zero attached hydrogens (tertiary/aromatic N) is 3. The Balaban J connectivity index is 1.56. The van der Waals surface area contributed by atoms with E-state index in [0.717, 1.165) is 5.52 Å². The Morgan fingerprint density at radius 3 is 2.14 bits per heavy atom. The Morgan fingerprint density at radius 2 is 1.43 bits per heavy atom. The molecule has 2 fully saturated rings. The molecule has 2 aliphatic rings. The summed E-state index contributed by atoms with van der Waals surface area (Å²) in [5.41, 5.74) is 10.7. The maximum absolute atomic E-state index is 4.94. The van der Waals surface area contributed by atoms with Crippen molar-refractivity contribution in [3.63, 3.8) is 0 Å². The van der Waals surface area contributed by atoms with E-state index in [0.29, 0.717) is 11.8 Å². The van der Waals surface area contributed by atoms with Crippen LogP contribution in [-0.4, -0.2) is 9.38 Å². The molecule has 5 aromatic rings. The molecule has 2 aliphatic carbocycles. The van der Waals surface area contributed by atoms with E-state index in [4.69, 9.17) is 4.98 Å². The molecular formula is C32H36N3+. The molecular weight excluding hydrogens is 426 g/mol. The first-order chi connectivity index (χ1) is 17.2. The molecule has 2 aromatic carbocycles. The largest absolute Gasteiger partial charge is 0.297 e. The van der Waals surface area contributed by atoms with Gasteiger partial charge in [0.15, 0.2) is 11.0 Å². The number of rotatable bonds is 2. The van der Waals surface area contributed by atoms with E-state index in [9.17, 15) is 0 Å². The summed E-state index contributed by atoms with van der Waals surface area (Å²) in [6.45, 7) is 2.23. The molecule has 0 amide bonds. The molecule has 3 heterocycles. The molecule has 2 saturated carbocycles. The number of hydrogen-bond acceptors (Lipinski definition) is 1. The predicted octanol–water partition coefficient (Wildman–Crippen LogP) is 8.02. The molecule has 3 heteroatoms. The SMILES string of the molecule is Cc1ccnc2c3ccc(C4CCCCC4)cc3n3c4ccc(C5CCCCC5)cc4[n+](C)c3c12. The van der Waals surface area contributed by atoms with Crippen molar-refractivity contribution < 1.29 is 4.57 Å². The minimum absolute atomic E-state index is 0.692. The smallest absolute Gasteiger partial charge is 0.255 e. The molecule has 0 aliphatic heterocycles. The van der Waals surface area contributed by atoms with Gasteiger partial charge in [0.2, 0.25) is 0 Å². The van der Waals surface area contributed by atoms with Crippen molar-refractivity contribution in [3.05, 3.63) is 65.4 Å². The van der Waals surface area contributed by atoms with E-state index >= 15 is 0 Å². The third kappa shape index (κ3) is 3.31. The Hall–Kier alpha value is -2.94. The zero-order valence-corrected chi connectivity index (χ0v) is 21.2. The topological polar surface area (TPSA) is 21.2 Å². The summed E-state index contributed by atoms with van der Waals surface area (Å²) in [7, 11) is 2.25. The Bertz CT molecular complexity index is 1580. The van der Waals surface area contributed by atoms with Gasteiger partial charge < -0.3 is 0 Å². The average molecular weight is 463 g/mol. The number of imidazole rings is 1. The molecule has 0 spiro atoms. The minimum Gasteiger partial charge on any atom is -0.255 e. The maximum Gasteiger partial charge on any atom is 0.297 e. The highest BCUT2D eigenvalue weighted by Crippen LogP contribution is 2.38. The van der Waals surface area contributed by atoms with Crippen molar-refractivity contribution in [1.29, 1.82) is 0 Å². The van der Waals surface area contributed by atoms with Crippen LogP contribution in [0.2, 0.25) is 0 Å². The molecule has 0 saturated heterocycles. The first-order valence-corrected chi connectivity index (χ1v) is 13.9. The second-order valence-electron chi connectivity index (χ2n) is 11.3. The van der Waals surface area contributed by atoms with Crippen molar-refractivity contribution in [2.24, 2.45) is 7.05 Å². The first kappa shape index (κ1) is 21.4. The minimum atomic E-state index is 0.692. The fourth-order valence-electron chi connectivity index (χ4n) is 7.26. The van der Waals surface area contributed by atoms with E-state index in [1.165, 1.54) is 114 Å². The summed E-state index contributed by atoms with van der Waals surface area (Å²) in [5, 5.41) is 2.55. The summed E-state index contributed by atoms with van der Waals surface area (Å²) in [6.07, 6.45) is 15.6. The maximum atomic E-state index is 4.94. The van der Waals surface area contributed by atoms with Gasteiger partial charge in [0.1, 0.15) is 5.52 Å². The number of hydrogen-bond donors (Lipinski definition) is 0. The van der Waals surface area contributed by atoms with Crippen LogP contribution in [0.25, 0.3) is 38.5 Å². The summed E-state index contributed by atoms with van der Waals surface area (Å²) < 4.78 is 4.98.